The lowest BCUT2D eigenvalue weighted by molar-refractivity contribution is 0.394. The van der Waals surface area contributed by atoms with Crippen LogP contribution in [-0.4, -0.2) is 46.3 Å². The third-order valence-electron chi connectivity index (χ3n) is 2.35. The van der Waals surface area contributed by atoms with E-state index in [1.165, 1.54) is 0 Å². The lowest BCUT2D eigenvalue weighted by Crippen LogP contribution is -2.20. The van der Waals surface area contributed by atoms with Crippen LogP contribution in [0.25, 0.3) is 0 Å². The fraction of sp³-hybridized carbons (Fsp3) is 0.500. The highest BCUT2D eigenvalue weighted by molar-refractivity contribution is 6.32. The molecule has 1 aromatic rings. The first-order chi connectivity index (χ1) is 8.08. The van der Waals surface area contributed by atoms with Gasteiger partial charge in [-0.2, -0.15) is 0 Å². The lowest BCUT2D eigenvalue weighted by Gasteiger charge is -2.15. The van der Waals surface area contributed by atoms with E-state index in [2.05, 4.69) is 10.2 Å². The molecule has 0 unspecified atom stereocenters. The molecular weight excluding hydrogens is 240 g/mol. The van der Waals surface area contributed by atoms with Gasteiger partial charge >= 0.3 is 0 Å². The normalized spacial score (nSPS) is 10.5. The summed E-state index contributed by atoms with van der Waals surface area (Å²) in [5, 5.41) is 3.85. The zero-order valence-electron chi connectivity index (χ0n) is 10.7. The summed E-state index contributed by atoms with van der Waals surface area (Å²) in [6.45, 7) is 1.76. The van der Waals surface area contributed by atoms with Gasteiger partial charge in [0, 0.05) is 19.2 Å². The Morgan fingerprint density at radius 3 is 2.35 bits per heavy atom. The Kier molecular flexibility index (Phi) is 5.38. The van der Waals surface area contributed by atoms with Gasteiger partial charge in [-0.25, -0.2) is 0 Å². The fourth-order valence-corrected chi connectivity index (χ4v) is 1.65. The van der Waals surface area contributed by atoms with Crippen molar-refractivity contribution in [1.29, 1.82) is 0 Å². The highest BCUT2D eigenvalue weighted by Crippen LogP contribution is 2.35. The predicted octanol–water partition coefficient (Wildman–Crippen LogP) is 2.33. The molecule has 0 atom stereocenters. The molecule has 0 bridgehead atoms. The number of likely N-dealkylation sites (N-methyl/N-ethyl adjacent to an activating group) is 1. The number of benzene rings is 1. The van der Waals surface area contributed by atoms with Gasteiger partial charge in [0.1, 0.15) is 11.5 Å². The first-order valence-corrected chi connectivity index (χ1v) is 5.76. The van der Waals surface area contributed by atoms with Crippen molar-refractivity contribution in [2.75, 3.05) is 46.7 Å². The number of nitrogens with one attached hydrogen (secondary N) is 1. The summed E-state index contributed by atoms with van der Waals surface area (Å²) < 4.78 is 10.4. The molecular formula is C12H19ClN2O2. The van der Waals surface area contributed by atoms with Crippen LogP contribution in [0.5, 0.6) is 11.5 Å². The van der Waals surface area contributed by atoms with Crippen LogP contribution in [0.3, 0.4) is 0 Å². The van der Waals surface area contributed by atoms with Crippen LogP contribution in [0.4, 0.5) is 5.69 Å². The van der Waals surface area contributed by atoms with Gasteiger partial charge in [-0.15, -0.1) is 0 Å². The van der Waals surface area contributed by atoms with E-state index in [9.17, 15) is 0 Å². The van der Waals surface area contributed by atoms with Crippen molar-refractivity contribution in [1.82, 2.24) is 4.90 Å². The molecule has 4 nitrogen and oxygen atoms in total. The van der Waals surface area contributed by atoms with Crippen LogP contribution in [0.15, 0.2) is 12.1 Å². The van der Waals surface area contributed by atoms with Crippen molar-refractivity contribution in [3.8, 4) is 11.5 Å². The molecule has 0 amide bonds. The van der Waals surface area contributed by atoms with Gasteiger partial charge in [0.25, 0.3) is 0 Å². The standard InChI is InChI=1S/C12H19ClN2O2/c1-15(2)6-5-14-10-7-9(13)11(16-3)8-12(10)17-4/h7-8,14H,5-6H2,1-4H3. The molecule has 0 fully saturated rings. The topological polar surface area (TPSA) is 33.7 Å². The number of methoxy groups -OCH3 is 2. The number of rotatable bonds is 6. The first-order valence-electron chi connectivity index (χ1n) is 5.38. The largest absolute Gasteiger partial charge is 0.495 e. The molecule has 0 aromatic heterocycles. The minimum absolute atomic E-state index is 0.570. The van der Waals surface area contributed by atoms with E-state index in [4.69, 9.17) is 21.1 Å². The summed E-state index contributed by atoms with van der Waals surface area (Å²) in [6.07, 6.45) is 0. The number of ether oxygens (including phenoxy) is 2. The third kappa shape index (κ3) is 3.98. The number of halogens is 1. The number of hydrogen-bond donors (Lipinski definition) is 1. The molecule has 1 rings (SSSR count). The van der Waals surface area contributed by atoms with Crippen molar-refractivity contribution < 1.29 is 9.47 Å². The summed E-state index contributed by atoms with van der Waals surface area (Å²) in [5.41, 5.74) is 0.875. The van der Waals surface area contributed by atoms with Gasteiger partial charge in [-0.3, -0.25) is 0 Å². The molecule has 0 saturated heterocycles. The first kappa shape index (κ1) is 13.9. The van der Waals surface area contributed by atoms with Crippen molar-refractivity contribution in [3.05, 3.63) is 17.2 Å². The van der Waals surface area contributed by atoms with Crippen molar-refractivity contribution in [2.24, 2.45) is 0 Å². The van der Waals surface area contributed by atoms with Gasteiger partial charge in [0.15, 0.2) is 0 Å². The van der Waals surface area contributed by atoms with Crippen molar-refractivity contribution >= 4 is 17.3 Å². The zero-order chi connectivity index (χ0) is 12.8. The van der Waals surface area contributed by atoms with Gasteiger partial charge < -0.3 is 19.7 Å². The van der Waals surface area contributed by atoms with E-state index >= 15 is 0 Å². The Morgan fingerprint density at radius 2 is 1.82 bits per heavy atom. The van der Waals surface area contributed by atoms with Gasteiger partial charge in [-0.1, -0.05) is 11.6 Å². The molecule has 0 spiro atoms. The van der Waals surface area contributed by atoms with Crippen LogP contribution in [-0.2, 0) is 0 Å². The molecule has 0 aliphatic carbocycles. The highest BCUT2D eigenvalue weighted by Gasteiger charge is 2.09. The maximum absolute atomic E-state index is 6.07. The minimum Gasteiger partial charge on any atom is -0.495 e. The second-order valence-electron chi connectivity index (χ2n) is 3.92. The molecule has 0 heterocycles. The Bertz CT molecular complexity index is 370. The number of nitrogens with zero attached hydrogens (tertiary/aromatic N) is 1. The summed E-state index contributed by atoms with van der Waals surface area (Å²) in [7, 11) is 7.26. The predicted molar refractivity (Wildman–Crippen MR) is 71.6 cm³/mol. The molecule has 1 aromatic carbocycles. The SMILES string of the molecule is COc1cc(OC)c(NCCN(C)C)cc1Cl. The van der Waals surface area contributed by atoms with E-state index in [-0.39, 0.29) is 0 Å². The van der Waals surface area contributed by atoms with Crippen LogP contribution < -0.4 is 14.8 Å². The van der Waals surface area contributed by atoms with Crippen molar-refractivity contribution in [2.45, 2.75) is 0 Å². The van der Waals surface area contributed by atoms with E-state index in [0.29, 0.717) is 10.8 Å². The quantitative estimate of drug-likeness (QED) is 0.849. The Hall–Kier alpha value is -1.13. The second kappa shape index (κ2) is 6.57. The second-order valence-corrected chi connectivity index (χ2v) is 4.32. The zero-order valence-corrected chi connectivity index (χ0v) is 11.5. The van der Waals surface area contributed by atoms with Crippen LogP contribution in [0.1, 0.15) is 0 Å². The van der Waals surface area contributed by atoms with E-state index in [0.717, 1.165) is 24.5 Å². The van der Waals surface area contributed by atoms with Gasteiger partial charge in [0.2, 0.25) is 0 Å². The van der Waals surface area contributed by atoms with Crippen molar-refractivity contribution in [3.63, 3.8) is 0 Å². The van der Waals surface area contributed by atoms with Gasteiger partial charge in [-0.05, 0) is 20.2 Å². The molecule has 0 saturated carbocycles. The molecule has 0 radical (unpaired) electrons. The monoisotopic (exact) mass is 258 g/mol. The Morgan fingerprint density at radius 1 is 1.18 bits per heavy atom. The molecule has 1 N–H and O–H groups in total. The van der Waals surface area contributed by atoms with E-state index in [1.54, 1.807) is 20.3 Å². The average Bonchev–Trinajstić information content (AvgIpc) is 2.29. The molecule has 5 heteroatoms. The fourth-order valence-electron chi connectivity index (χ4n) is 1.41. The Balaban J connectivity index is 2.79. The molecule has 17 heavy (non-hydrogen) atoms. The maximum atomic E-state index is 6.07. The molecule has 0 aliphatic rings. The minimum atomic E-state index is 0.570. The third-order valence-corrected chi connectivity index (χ3v) is 2.64. The maximum Gasteiger partial charge on any atom is 0.145 e. The average molecular weight is 259 g/mol. The smallest absolute Gasteiger partial charge is 0.145 e. The number of anilines is 1. The Labute approximate surface area is 107 Å². The van der Waals surface area contributed by atoms with Gasteiger partial charge in [0.05, 0.1) is 24.9 Å². The van der Waals surface area contributed by atoms with Crippen LogP contribution in [0, 0.1) is 0 Å². The van der Waals surface area contributed by atoms with Crippen LogP contribution in [0.2, 0.25) is 5.02 Å². The summed E-state index contributed by atoms with van der Waals surface area (Å²) in [4.78, 5) is 2.10. The lowest BCUT2D eigenvalue weighted by atomic mass is 10.2. The summed E-state index contributed by atoms with van der Waals surface area (Å²) in [5.74, 6) is 1.34. The van der Waals surface area contributed by atoms with E-state index < -0.39 is 0 Å². The summed E-state index contributed by atoms with van der Waals surface area (Å²) >= 11 is 6.07. The molecule has 96 valence electrons. The highest BCUT2D eigenvalue weighted by atomic mass is 35.5. The summed E-state index contributed by atoms with van der Waals surface area (Å²) in [6, 6.07) is 3.59. The van der Waals surface area contributed by atoms with E-state index in [1.807, 2.05) is 20.2 Å². The molecule has 0 aliphatic heterocycles. The number of hydrogen-bond acceptors (Lipinski definition) is 4. The van der Waals surface area contributed by atoms with Crippen LogP contribution >= 0.6 is 11.6 Å².